The fraction of sp³-hybridized carbons (Fsp3) is 0.0870. The maximum Gasteiger partial charge on any atom is 0.450 e. The molecule has 31 heavy (non-hydrogen) atoms. The van der Waals surface area contributed by atoms with Crippen molar-refractivity contribution in [2.24, 2.45) is 0 Å². The third-order valence-corrected chi connectivity index (χ3v) is 5.16. The lowest BCUT2D eigenvalue weighted by Gasteiger charge is -2.14. The summed E-state index contributed by atoms with van der Waals surface area (Å²) in [5.74, 6) is -1.16. The van der Waals surface area contributed by atoms with Gasteiger partial charge < -0.3 is 9.15 Å². The van der Waals surface area contributed by atoms with Gasteiger partial charge in [-0.05, 0) is 35.9 Å². The monoisotopic (exact) mass is 464 g/mol. The van der Waals surface area contributed by atoms with Crippen LogP contribution in [-0.4, -0.2) is 0 Å². The zero-order valence-electron chi connectivity index (χ0n) is 15.7. The molecule has 4 rings (SSSR count). The van der Waals surface area contributed by atoms with E-state index in [0.717, 1.165) is 5.56 Å². The summed E-state index contributed by atoms with van der Waals surface area (Å²) >= 11 is 11.9. The topological polar surface area (TPSA) is 39.4 Å². The number of alkyl halides is 3. The van der Waals surface area contributed by atoms with E-state index in [1.807, 2.05) is 0 Å². The average molecular weight is 465 g/mol. The molecule has 0 spiro atoms. The van der Waals surface area contributed by atoms with Gasteiger partial charge in [-0.25, -0.2) is 0 Å². The largest absolute Gasteiger partial charge is 0.489 e. The van der Waals surface area contributed by atoms with Gasteiger partial charge in [-0.15, -0.1) is 0 Å². The molecule has 0 saturated carbocycles. The van der Waals surface area contributed by atoms with Crippen molar-refractivity contribution in [3.05, 3.63) is 98.3 Å². The quantitative estimate of drug-likeness (QED) is 0.316. The summed E-state index contributed by atoms with van der Waals surface area (Å²) in [6.07, 6.45) is -4.90. The molecule has 0 atom stereocenters. The zero-order chi connectivity index (χ0) is 22.2. The summed E-state index contributed by atoms with van der Waals surface area (Å²) in [5.41, 5.74) is -0.917. The van der Waals surface area contributed by atoms with E-state index in [9.17, 15) is 18.0 Å². The molecule has 0 N–H and O–H groups in total. The molecule has 4 aromatic rings. The summed E-state index contributed by atoms with van der Waals surface area (Å²) < 4.78 is 52.1. The summed E-state index contributed by atoms with van der Waals surface area (Å²) in [6.45, 7) is 0.163. The van der Waals surface area contributed by atoms with Crippen LogP contribution < -0.4 is 10.2 Å². The lowest BCUT2D eigenvalue weighted by Crippen LogP contribution is -2.16. The van der Waals surface area contributed by atoms with Gasteiger partial charge in [0.1, 0.15) is 17.9 Å². The number of halogens is 5. The van der Waals surface area contributed by atoms with Crippen molar-refractivity contribution in [2.75, 3.05) is 0 Å². The third-order valence-electron chi connectivity index (χ3n) is 4.58. The predicted octanol–water partition coefficient (Wildman–Crippen LogP) is 7.36. The van der Waals surface area contributed by atoms with Crippen molar-refractivity contribution >= 4 is 34.2 Å². The molecule has 158 valence electrons. The first-order valence-corrected chi connectivity index (χ1v) is 9.80. The van der Waals surface area contributed by atoms with Crippen molar-refractivity contribution in [2.45, 2.75) is 12.8 Å². The summed E-state index contributed by atoms with van der Waals surface area (Å²) in [7, 11) is 0. The Hall–Kier alpha value is -2.96. The van der Waals surface area contributed by atoms with E-state index in [-0.39, 0.29) is 33.9 Å². The third kappa shape index (κ3) is 4.40. The van der Waals surface area contributed by atoms with Crippen LogP contribution in [0.25, 0.3) is 22.1 Å². The van der Waals surface area contributed by atoms with Gasteiger partial charge >= 0.3 is 6.18 Å². The Kier molecular flexibility index (Phi) is 5.69. The van der Waals surface area contributed by atoms with Crippen LogP contribution in [0.1, 0.15) is 11.3 Å². The second-order valence-electron chi connectivity index (χ2n) is 6.69. The summed E-state index contributed by atoms with van der Waals surface area (Å²) in [5, 5.41) is 0.578. The molecule has 0 aliphatic heterocycles. The highest BCUT2D eigenvalue weighted by atomic mass is 35.5. The fourth-order valence-electron chi connectivity index (χ4n) is 3.12. The maximum absolute atomic E-state index is 13.8. The van der Waals surface area contributed by atoms with Crippen molar-refractivity contribution in [3.8, 4) is 16.9 Å². The van der Waals surface area contributed by atoms with Gasteiger partial charge in [-0.3, -0.25) is 4.79 Å². The number of benzene rings is 3. The molecule has 3 nitrogen and oxygen atoms in total. The molecule has 0 bridgehead atoms. The molecule has 0 fully saturated rings. The minimum Gasteiger partial charge on any atom is -0.489 e. The van der Waals surface area contributed by atoms with Gasteiger partial charge in [0.15, 0.2) is 0 Å². The Morgan fingerprint density at radius 3 is 2.32 bits per heavy atom. The van der Waals surface area contributed by atoms with E-state index in [1.165, 1.54) is 36.4 Å². The Bertz CT molecular complexity index is 1310. The van der Waals surface area contributed by atoms with Crippen molar-refractivity contribution < 1.29 is 22.3 Å². The molecule has 0 aliphatic rings. The number of hydrogen-bond donors (Lipinski definition) is 0. The molecule has 3 aromatic carbocycles. The molecule has 1 aromatic heterocycles. The number of fused-ring (bicyclic) bond motifs is 1. The van der Waals surface area contributed by atoms with Crippen molar-refractivity contribution in [3.63, 3.8) is 0 Å². The van der Waals surface area contributed by atoms with Gasteiger partial charge in [-0.2, -0.15) is 13.2 Å². The van der Waals surface area contributed by atoms with Crippen molar-refractivity contribution in [1.82, 2.24) is 0 Å². The van der Waals surface area contributed by atoms with Gasteiger partial charge in [0.05, 0.1) is 10.9 Å². The van der Waals surface area contributed by atoms with Crippen molar-refractivity contribution in [1.29, 1.82) is 0 Å². The van der Waals surface area contributed by atoms with Crippen LogP contribution in [0.15, 0.2) is 75.9 Å². The molecule has 0 unspecified atom stereocenters. The molecule has 0 aliphatic carbocycles. The SMILES string of the molecule is O=c1c(-c2ccccc2Cl)c(C(F)(F)F)oc2cc(OCc3ccc(Cl)cc3)ccc12. The standard InChI is InChI=1S/C23H13Cl2F3O3/c24-14-7-5-13(6-8-14)12-30-15-9-10-17-19(11-15)31-22(23(26,27)28)20(21(17)29)16-3-1-2-4-18(16)25/h1-11H,12H2. The maximum atomic E-state index is 13.8. The van der Waals surface area contributed by atoms with Gasteiger partial charge in [0.25, 0.3) is 0 Å². The number of ether oxygens (including phenoxy) is 1. The lowest BCUT2D eigenvalue weighted by atomic mass is 10.0. The summed E-state index contributed by atoms with van der Waals surface area (Å²) in [4.78, 5) is 13.0. The van der Waals surface area contributed by atoms with Gasteiger partial charge in [0, 0.05) is 21.7 Å². The van der Waals surface area contributed by atoms with Crippen LogP contribution in [-0.2, 0) is 12.8 Å². The Labute approximate surface area is 184 Å². The number of rotatable bonds is 4. The van der Waals surface area contributed by atoms with E-state index in [1.54, 1.807) is 30.3 Å². The normalized spacial score (nSPS) is 11.6. The first-order chi connectivity index (χ1) is 14.7. The van der Waals surface area contributed by atoms with Gasteiger partial charge in [-0.1, -0.05) is 53.5 Å². The van der Waals surface area contributed by atoms with E-state index >= 15 is 0 Å². The second kappa shape index (κ2) is 8.29. The smallest absolute Gasteiger partial charge is 0.450 e. The fourth-order valence-corrected chi connectivity index (χ4v) is 3.47. The van der Waals surface area contributed by atoms with E-state index in [0.29, 0.717) is 5.02 Å². The van der Waals surface area contributed by atoms with Crippen LogP contribution in [0, 0.1) is 0 Å². The predicted molar refractivity (Wildman–Crippen MR) is 114 cm³/mol. The van der Waals surface area contributed by atoms with Crippen LogP contribution in [0.2, 0.25) is 10.0 Å². The van der Waals surface area contributed by atoms with Crippen LogP contribution in [0.4, 0.5) is 13.2 Å². The summed E-state index contributed by atoms with van der Waals surface area (Å²) in [6, 6.07) is 16.9. The van der Waals surface area contributed by atoms with Crippen LogP contribution >= 0.6 is 23.2 Å². The first-order valence-electron chi connectivity index (χ1n) is 9.04. The van der Waals surface area contributed by atoms with Crippen LogP contribution in [0.3, 0.4) is 0 Å². The lowest BCUT2D eigenvalue weighted by molar-refractivity contribution is -0.152. The minimum absolute atomic E-state index is 0.0123. The first kappa shape index (κ1) is 21.3. The molecule has 0 amide bonds. The molecular weight excluding hydrogens is 452 g/mol. The second-order valence-corrected chi connectivity index (χ2v) is 7.53. The Balaban J connectivity index is 1.80. The average Bonchev–Trinajstić information content (AvgIpc) is 2.73. The Morgan fingerprint density at radius 1 is 0.935 bits per heavy atom. The molecule has 0 radical (unpaired) electrons. The Morgan fingerprint density at radius 2 is 1.65 bits per heavy atom. The number of hydrogen-bond acceptors (Lipinski definition) is 3. The molecule has 0 saturated heterocycles. The molecule has 1 heterocycles. The van der Waals surface area contributed by atoms with Crippen LogP contribution in [0.5, 0.6) is 5.75 Å². The van der Waals surface area contributed by atoms with E-state index in [4.69, 9.17) is 32.4 Å². The highest BCUT2D eigenvalue weighted by molar-refractivity contribution is 6.33. The molecular formula is C23H13Cl2F3O3. The van der Waals surface area contributed by atoms with E-state index in [2.05, 4.69) is 0 Å². The zero-order valence-corrected chi connectivity index (χ0v) is 17.2. The van der Waals surface area contributed by atoms with E-state index < -0.39 is 22.9 Å². The van der Waals surface area contributed by atoms with Gasteiger partial charge in [0.2, 0.25) is 11.2 Å². The highest BCUT2D eigenvalue weighted by Crippen LogP contribution is 2.39. The minimum atomic E-state index is -4.90. The highest BCUT2D eigenvalue weighted by Gasteiger charge is 2.39. The molecule has 8 heteroatoms.